The first kappa shape index (κ1) is 28.6. The number of nitrogens with zero attached hydrogens (tertiary/aromatic N) is 1. The first-order valence-corrected chi connectivity index (χ1v) is 11.8. The SMILES string of the molecule is CC#CC1=C(C)/C(=C\c2ccc(-c3ccc(Cl)c(C)c3)o2)C(=O)N(CC(C)O)C1=O.CCCOC=O. The summed E-state index contributed by atoms with van der Waals surface area (Å²) in [6.07, 6.45) is 1.65. The Morgan fingerprint density at radius 3 is 2.47 bits per heavy atom. The lowest BCUT2D eigenvalue weighted by Crippen LogP contribution is -2.45. The van der Waals surface area contributed by atoms with E-state index in [0.29, 0.717) is 40.8 Å². The number of halogens is 1. The Morgan fingerprint density at radius 2 is 1.92 bits per heavy atom. The van der Waals surface area contributed by atoms with Crippen LogP contribution >= 0.6 is 11.6 Å². The number of aryl methyl sites for hydroxylation is 1. The van der Waals surface area contributed by atoms with Crippen molar-refractivity contribution < 1.29 is 28.6 Å². The van der Waals surface area contributed by atoms with E-state index in [0.717, 1.165) is 22.4 Å². The Balaban J connectivity index is 0.000000678. The normalized spacial score (nSPS) is 15.2. The Kier molecular flexibility index (Phi) is 10.7. The predicted octanol–water partition coefficient (Wildman–Crippen LogP) is 4.95. The largest absolute Gasteiger partial charge is 0.468 e. The number of hydrogen-bond donors (Lipinski definition) is 1. The lowest BCUT2D eigenvalue weighted by molar-refractivity contribution is -0.142. The lowest BCUT2D eigenvalue weighted by atomic mass is 9.94. The van der Waals surface area contributed by atoms with Crippen molar-refractivity contribution in [1.29, 1.82) is 0 Å². The number of rotatable bonds is 7. The molecule has 0 spiro atoms. The number of β-amino-alcohol motifs (C(OH)–C–C–N with tert-alkyl or cyclic N) is 1. The second-order valence-electron chi connectivity index (χ2n) is 8.14. The summed E-state index contributed by atoms with van der Waals surface area (Å²) in [6.45, 7) is 9.59. The Labute approximate surface area is 216 Å². The predicted molar refractivity (Wildman–Crippen MR) is 139 cm³/mol. The van der Waals surface area contributed by atoms with Crippen LogP contribution in [0.4, 0.5) is 0 Å². The van der Waals surface area contributed by atoms with Crippen molar-refractivity contribution in [1.82, 2.24) is 4.90 Å². The molecule has 0 saturated heterocycles. The van der Waals surface area contributed by atoms with Crippen LogP contribution in [-0.4, -0.2) is 47.5 Å². The monoisotopic (exact) mass is 511 g/mol. The molecule has 2 amide bonds. The molecule has 1 aromatic heterocycles. The molecule has 0 fully saturated rings. The molecule has 1 aromatic carbocycles. The van der Waals surface area contributed by atoms with Gasteiger partial charge in [0.05, 0.1) is 24.8 Å². The molecule has 0 radical (unpaired) electrons. The third kappa shape index (κ3) is 7.20. The Bertz CT molecular complexity index is 1240. The average molecular weight is 512 g/mol. The summed E-state index contributed by atoms with van der Waals surface area (Å²) in [5, 5.41) is 10.4. The zero-order valence-electron chi connectivity index (χ0n) is 21.1. The van der Waals surface area contributed by atoms with Crippen molar-refractivity contribution in [3.05, 3.63) is 63.4 Å². The third-order valence-electron chi connectivity index (χ3n) is 5.16. The Morgan fingerprint density at radius 1 is 1.19 bits per heavy atom. The summed E-state index contributed by atoms with van der Waals surface area (Å²) in [4.78, 5) is 36.0. The molecule has 0 saturated carbocycles. The van der Waals surface area contributed by atoms with Gasteiger partial charge in [-0.25, -0.2) is 0 Å². The summed E-state index contributed by atoms with van der Waals surface area (Å²) in [5.74, 6) is 5.62. The summed E-state index contributed by atoms with van der Waals surface area (Å²) in [6, 6.07) is 9.16. The van der Waals surface area contributed by atoms with Crippen molar-refractivity contribution >= 4 is 36.0 Å². The van der Waals surface area contributed by atoms with Crippen LogP contribution < -0.4 is 0 Å². The van der Waals surface area contributed by atoms with Gasteiger partial charge in [0, 0.05) is 16.2 Å². The van der Waals surface area contributed by atoms with E-state index in [2.05, 4.69) is 16.6 Å². The number of furan rings is 1. The molecule has 1 N–H and O–H groups in total. The highest BCUT2D eigenvalue weighted by Crippen LogP contribution is 2.30. The number of hydrogen-bond acceptors (Lipinski definition) is 6. The molecule has 2 aromatic rings. The maximum Gasteiger partial charge on any atom is 0.293 e. The van der Waals surface area contributed by atoms with Crippen LogP contribution in [0.2, 0.25) is 5.02 Å². The minimum absolute atomic E-state index is 0.107. The van der Waals surface area contributed by atoms with Crippen LogP contribution in [0.25, 0.3) is 17.4 Å². The van der Waals surface area contributed by atoms with Crippen LogP contribution in [0.1, 0.15) is 45.4 Å². The van der Waals surface area contributed by atoms with E-state index in [-0.39, 0.29) is 12.1 Å². The molecule has 0 aliphatic carbocycles. The van der Waals surface area contributed by atoms with Crippen LogP contribution in [0.3, 0.4) is 0 Å². The average Bonchev–Trinajstić information content (AvgIpc) is 3.31. The van der Waals surface area contributed by atoms with Crippen molar-refractivity contribution in [2.75, 3.05) is 13.2 Å². The number of carbonyl (C=O) groups excluding carboxylic acids is 3. The minimum Gasteiger partial charge on any atom is -0.468 e. The van der Waals surface area contributed by atoms with Gasteiger partial charge in [0.1, 0.15) is 11.5 Å². The quantitative estimate of drug-likeness (QED) is 0.186. The van der Waals surface area contributed by atoms with Crippen LogP contribution in [0.15, 0.2) is 51.5 Å². The second-order valence-corrected chi connectivity index (χ2v) is 8.54. The summed E-state index contributed by atoms with van der Waals surface area (Å²) in [5.41, 5.74) is 2.83. The molecular formula is C28H30ClNO6. The van der Waals surface area contributed by atoms with Crippen molar-refractivity contribution in [3.8, 4) is 23.2 Å². The van der Waals surface area contributed by atoms with E-state index in [1.54, 1.807) is 32.1 Å². The van der Waals surface area contributed by atoms with Gasteiger partial charge < -0.3 is 14.3 Å². The number of ether oxygens (including phenoxy) is 1. The van der Waals surface area contributed by atoms with Gasteiger partial charge in [-0.1, -0.05) is 24.4 Å². The highest BCUT2D eigenvalue weighted by molar-refractivity contribution is 6.31. The Hall–Kier alpha value is -3.60. The number of benzene rings is 1. The molecule has 36 heavy (non-hydrogen) atoms. The fraction of sp³-hybridized carbons (Fsp3) is 0.321. The van der Waals surface area contributed by atoms with Crippen molar-refractivity contribution in [2.45, 2.75) is 47.1 Å². The van der Waals surface area contributed by atoms with Gasteiger partial charge in [0.2, 0.25) is 0 Å². The van der Waals surface area contributed by atoms with Gasteiger partial charge in [0.25, 0.3) is 18.3 Å². The zero-order valence-corrected chi connectivity index (χ0v) is 21.8. The highest BCUT2D eigenvalue weighted by atomic mass is 35.5. The van der Waals surface area contributed by atoms with Crippen LogP contribution in [0.5, 0.6) is 0 Å². The molecule has 3 rings (SSSR count). The molecule has 1 unspecified atom stereocenters. The van der Waals surface area contributed by atoms with Crippen LogP contribution in [-0.2, 0) is 19.1 Å². The van der Waals surface area contributed by atoms with E-state index >= 15 is 0 Å². The molecule has 190 valence electrons. The number of aliphatic hydroxyl groups excluding tert-OH is 1. The van der Waals surface area contributed by atoms with E-state index in [1.807, 2.05) is 32.0 Å². The lowest BCUT2D eigenvalue weighted by Gasteiger charge is -2.28. The second kappa shape index (κ2) is 13.5. The van der Waals surface area contributed by atoms with E-state index in [1.165, 1.54) is 6.92 Å². The highest BCUT2D eigenvalue weighted by Gasteiger charge is 2.35. The van der Waals surface area contributed by atoms with Gasteiger partial charge in [-0.05, 0) is 81.7 Å². The van der Waals surface area contributed by atoms with Crippen LogP contribution in [0, 0.1) is 18.8 Å². The number of aliphatic hydroxyl groups is 1. The van der Waals surface area contributed by atoms with Crippen molar-refractivity contribution in [3.63, 3.8) is 0 Å². The standard InChI is InChI=1S/C24H22ClNO4.C4H8O2/c1-5-6-19-16(4)20(24(29)26(23(19)28)13-15(3)27)12-18-8-10-22(30-18)17-7-9-21(25)14(2)11-17;1-2-3-6-4-5/h7-12,15,27H,13H2,1-4H3;4H,2-3H2,1H3/b20-12+;. The topological polar surface area (TPSA) is 97.1 Å². The molecule has 7 nitrogen and oxygen atoms in total. The number of imide groups is 1. The molecular weight excluding hydrogens is 482 g/mol. The summed E-state index contributed by atoms with van der Waals surface area (Å²) < 4.78 is 10.2. The van der Waals surface area contributed by atoms with E-state index in [4.69, 9.17) is 16.0 Å². The molecule has 8 heteroatoms. The number of carbonyl (C=O) groups is 3. The van der Waals surface area contributed by atoms with E-state index < -0.39 is 17.9 Å². The fourth-order valence-electron chi connectivity index (χ4n) is 3.39. The van der Waals surface area contributed by atoms with Gasteiger partial charge in [-0.2, -0.15) is 0 Å². The maximum atomic E-state index is 13.0. The molecule has 0 bridgehead atoms. The smallest absolute Gasteiger partial charge is 0.293 e. The van der Waals surface area contributed by atoms with Gasteiger partial charge in [0.15, 0.2) is 0 Å². The minimum atomic E-state index is -0.850. The molecule has 1 atom stereocenters. The molecule has 2 heterocycles. The van der Waals surface area contributed by atoms with Gasteiger partial charge in [-0.3, -0.25) is 19.3 Å². The first-order chi connectivity index (χ1) is 17.1. The molecule has 1 aliphatic heterocycles. The van der Waals surface area contributed by atoms with E-state index in [9.17, 15) is 19.5 Å². The summed E-state index contributed by atoms with van der Waals surface area (Å²) in [7, 11) is 0. The van der Waals surface area contributed by atoms with Gasteiger partial charge >= 0.3 is 0 Å². The fourth-order valence-corrected chi connectivity index (χ4v) is 3.51. The number of amides is 2. The van der Waals surface area contributed by atoms with Crippen molar-refractivity contribution in [2.24, 2.45) is 0 Å². The maximum absolute atomic E-state index is 13.0. The third-order valence-corrected chi connectivity index (χ3v) is 5.58. The first-order valence-electron chi connectivity index (χ1n) is 11.5. The molecule has 1 aliphatic rings. The zero-order chi connectivity index (χ0) is 26.8. The van der Waals surface area contributed by atoms with Gasteiger partial charge in [-0.15, -0.1) is 5.92 Å². The summed E-state index contributed by atoms with van der Waals surface area (Å²) >= 11 is 6.09.